The van der Waals surface area contributed by atoms with Crippen LogP contribution in [0.1, 0.15) is 25.3 Å². The molecular formula is C15H23NO2. The van der Waals surface area contributed by atoms with Crippen LogP contribution in [0.2, 0.25) is 0 Å². The summed E-state index contributed by atoms with van der Waals surface area (Å²) in [6.45, 7) is 4.98. The van der Waals surface area contributed by atoms with Crippen molar-refractivity contribution in [3.8, 4) is 11.5 Å². The lowest BCUT2D eigenvalue weighted by molar-refractivity contribution is 0.318. The molecule has 0 spiro atoms. The fraction of sp³-hybridized carbons (Fsp3) is 0.600. The van der Waals surface area contributed by atoms with Crippen LogP contribution in [-0.4, -0.2) is 26.8 Å². The third kappa shape index (κ3) is 3.16. The van der Waals surface area contributed by atoms with Gasteiger partial charge in [0.25, 0.3) is 0 Å². The topological polar surface area (TPSA) is 30.5 Å². The summed E-state index contributed by atoms with van der Waals surface area (Å²) < 4.78 is 11.2. The smallest absolute Gasteiger partial charge is 0.126 e. The first-order chi connectivity index (χ1) is 8.85. The minimum atomic E-state index is 0.701. The highest BCUT2D eigenvalue weighted by Gasteiger charge is 2.18. The molecule has 0 aromatic heterocycles. The third-order valence-corrected chi connectivity index (χ3v) is 3.56. The molecule has 100 valence electrons. The summed E-state index contributed by atoms with van der Waals surface area (Å²) in [4.78, 5) is 0. The molecule has 1 aromatic rings. The summed E-state index contributed by atoms with van der Waals surface area (Å²) in [5, 5.41) is 3.41. The van der Waals surface area contributed by atoms with Crippen LogP contribution in [0.4, 0.5) is 0 Å². The first kappa shape index (κ1) is 13.2. The lowest BCUT2D eigenvalue weighted by Gasteiger charge is -2.24. The fourth-order valence-corrected chi connectivity index (χ4v) is 2.60. The molecule has 1 aliphatic rings. The lowest BCUT2D eigenvalue weighted by Crippen LogP contribution is -2.28. The van der Waals surface area contributed by atoms with E-state index in [4.69, 9.17) is 9.47 Å². The van der Waals surface area contributed by atoms with E-state index in [-0.39, 0.29) is 0 Å². The van der Waals surface area contributed by atoms with E-state index in [1.54, 1.807) is 7.11 Å². The number of rotatable bonds is 5. The van der Waals surface area contributed by atoms with Crippen LogP contribution in [0.15, 0.2) is 18.2 Å². The highest BCUT2D eigenvalue weighted by atomic mass is 16.5. The lowest BCUT2D eigenvalue weighted by atomic mass is 9.90. The van der Waals surface area contributed by atoms with Gasteiger partial charge in [-0.2, -0.15) is 0 Å². The van der Waals surface area contributed by atoms with E-state index in [0.29, 0.717) is 6.61 Å². The van der Waals surface area contributed by atoms with Gasteiger partial charge in [0.2, 0.25) is 0 Å². The molecule has 3 nitrogen and oxygen atoms in total. The van der Waals surface area contributed by atoms with E-state index < -0.39 is 0 Å². The molecule has 1 aliphatic heterocycles. The van der Waals surface area contributed by atoms with Gasteiger partial charge in [0.1, 0.15) is 11.5 Å². The zero-order valence-corrected chi connectivity index (χ0v) is 11.4. The Labute approximate surface area is 109 Å². The minimum Gasteiger partial charge on any atom is -0.496 e. The Morgan fingerprint density at radius 2 is 1.94 bits per heavy atom. The maximum absolute atomic E-state index is 5.73. The average Bonchev–Trinajstić information content (AvgIpc) is 2.42. The summed E-state index contributed by atoms with van der Waals surface area (Å²) >= 11 is 0. The highest BCUT2D eigenvalue weighted by Crippen LogP contribution is 2.32. The molecule has 1 heterocycles. The van der Waals surface area contributed by atoms with Gasteiger partial charge < -0.3 is 14.8 Å². The van der Waals surface area contributed by atoms with Crippen LogP contribution in [0.5, 0.6) is 11.5 Å². The number of ether oxygens (including phenoxy) is 2. The summed E-state index contributed by atoms with van der Waals surface area (Å²) in [7, 11) is 1.73. The number of benzene rings is 1. The van der Waals surface area contributed by atoms with E-state index in [0.717, 1.165) is 36.9 Å². The Morgan fingerprint density at radius 1 is 1.22 bits per heavy atom. The molecule has 0 saturated carbocycles. The predicted octanol–water partition coefficient (Wildman–Crippen LogP) is 2.64. The molecule has 0 atom stereocenters. The van der Waals surface area contributed by atoms with Crippen molar-refractivity contribution in [2.24, 2.45) is 5.92 Å². The Hall–Kier alpha value is -1.22. The summed E-state index contributed by atoms with van der Waals surface area (Å²) in [6, 6.07) is 6.07. The van der Waals surface area contributed by atoms with Crippen LogP contribution in [0, 0.1) is 5.92 Å². The van der Waals surface area contributed by atoms with E-state index >= 15 is 0 Å². The molecule has 0 bridgehead atoms. The normalized spacial score (nSPS) is 16.6. The molecule has 1 aromatic carbocycles. The van der Waals surface area contributed by atoms with Gasteiger partial charge in [-0.3, -0.25) is 0 Å². The van der Waals surface area contributed by atoms with Crippen molar-refractivity contribution < 1.29 is 9.47 Å². The summed E-state index contributed by atoms with van der Waals surface area (Å²) in [5.74, 6) is 2.68. The zero-order valence-electron chi connectivity index (χ0n) is 11.4. The van der Waals surface area contributed by atoms with Crippen molar-refractivity contribution in [3.63, 3.8) is 0 Å². The van der Waals surface area contributed by atoms with Gasteiger partial charge in [0.05, 0.1) is 13.7 Å². The molecule has 0 amide bonds. The van der Waals surface area contributed by atoms with Gasteiger partial charge in [-0.25, -0.2) is 0 Å². The van der Waals surface area contributed by atoms with Crippen LogP contribution in [-0.2, 0) is 6.42 Å². The Bertz CT molecular complexity index is 373. The van der Waals surface area contributed by atoms with Crippen LogP contribution in [0.3, 0.4) is 0 Å². The molecule has 18 heavy (non-hydrogen) atoms. The van der Waals surface area contributed by atoms with Gasteiger partial charge in [-0.05, 0) is 57.3 Å². The quantitative estimate of drug-likeness (QED) is 0.870. The molecule has 1 N–H and O–H groups in total. The Kier molecular flexibility index (Phi) is 4.88. The second-order valence-electron chi connectivity index (χ2n) is 4.77. The second kappa shape index (κ2) is 6.64. The van der Waals surface area contributed by atoms with Gasteiger partial charge >= 0.3 is 0 Å². The second-order valence-corrected chi connectivity index (χ2v) is 4.77. The van der Waals surface area contributed by atoms with Crippen molar-refractivity contribution in [3.05, 3.63) is 23.8 Å². The first-order valence-corrected chi connectivity index (χ1v) is 6.84. The number of hydrogen-bond donors (Lipinski definition) is 1. The van der Waals surface area contributed by atoms with Crippen LogP contribution in [0.25, 0.3) is 0 Å². The molecule has 0 aliphatic carbocycles. The van der Waals surface area contributed by atoms with E-state index in [9.17, 15) is 0 Å². The monoisotopic (exact) mass is 249 g/mol. The van der Waals surface area contributed by atoms with Gasteiger partial charge in [-0.1, -0.05) is 6.07 Å². The molecule has 0 radical (unpaired) electrons. The van der Waals surface area contributed by atoms with Crippen molar-refractivity contribution in [2.45, 2.75) is 26.2 Å². The number of nitrogens with one attached hydrogen (secondary N) is 1. The third-order valence-electron chi connectivity index (χ3n) is 3.56. The number of piperidine rings is 1. The standard InChI is InChI=1S/C15H23NO2/c1-3-18-15-6-4-5-14(17-2)13(15)11-12-7-9-16-10-8-12/h4-6,12,16H,3,7-11H2,1-2H3. The van der Waals surface area contributed by atoms with Gasteiger partial charge in [0.15, 0.2) is 0 Å². The van der Waals surface area contributed by atoms with Crippen LogP contribution < -0.4 is 14.8 Å². The molecule has 0 unspecified atom stereocenters. The number of hydrogen-bond acceptors (Lipinski definition) is 3. The molecule has 3 heteroatoms. The highest BCUT2D eigenvalue weighted by molar-refractivity contribution is 5.45. The van der Waals surface area contributed by atoms with Crippen molar-refractivity contribution >= 4 is 0 Å². The van der Waals surface area contributed by atoms with Gasteiger partial charge in [-0.15, -0.1) is 0 Å². The Morgan fingerprint density at radius 3 is 2.61 bits per heavy atom. The number of methoxy groups -OCH3 is 1. The van der Waals surface area contributed by atoms with E-state index in [2.05, 4.69) is 5.32 Å². The van der Waals surface area contributed by atoms with Crippen molar-refractivity contribution in [1.29, 1.82) is 0 Å². The maximum Gasteiger partial charge on any atom is 0.126 e. The van der Waals surface area contributed by atoms with Gasteiger partial charge in [0, 0.05) is 5.56 Å². The predicted molar refractivity (Wildman–Crippen MR) is 73.5 cm³/mol. The SMILES string of the molecule is CCOc1cccc(OC)c1CC1CCNCC1. The van der Waals surface area contributed by atoms with Crippen LogP contribution >= 0.6 is 0 Å². The summed E-state index contributed by atoms with van der Waals surface area (Å²) in [5.41, 5.74) is 1.23. The minimum absolute atomic E-state index is 0.701. The zero-order chi connectivity index (χ0) is 12.8. The largest absolute Gasteiger partial charge is 0.496 e. The van der Waals surface area contributed by atoms with E-state index in [1.807, 2.05) is 25.1 Å². The average molecular weight is 249 g/mol. The van der Waals surface area contributed by atoms with Crippen molar-refractivity contribution in [2.75, 3.05) is 26.8 Å². The molecular weight excluding hydrogens is 226 g/mol. The molecule has 1 saturated heterocycles. The molecule has 2 rings (SSSR count). The van der Waals surface area contributed by atoms with Crippen molar-refractivity contribution in [1.82, 2.24) is 5.32 Å². The fourth-order valence-electron chi connectivity index (χ4n) is 2.60. The van der Waals surface area contributed by atoms with E-state index in [1.165, 1.54) is 18.4 Å². The maximum atomic E-state index is 5.73. The Balaban J connectivity index is 2.16. The first-order valence-electron chi connectivity index (χ1n) is 6.84. The summed E-state index contributed by atoms with van der Waals surface area (Å²) in [6.07, 6.45) is 3.54. The molecule has 1 fully saturated rings.